The molecule has 2 amide bonds. The number of carbonyl (C=O) groups is 3. The highest BCUT2D eigenvalue weighted by Crippen LogP contribution is 2.23. The number of amides is 2. The second kappa shape index (κ2) is 4.96. The molecule has 0 aromatic rings. The number of hydrogen-bond donors (Lipinski definition) is 1. The van der Waals surface area contributed by atoms with Crippen LogP contribution < -0.4 is 0 Å². The lowest BCUT2D eigenvalue weighted by atomic mass is 10.00. The Kier molecular flexibility index (Phi) is 3.98. The van der Waals surface area contributed by atoms with E-state index in [0.717, 1.165) is 0 Å². The van der Waals surface area contributed by atoms with E-state index in [0.29, 0.717) is 13.1 Å². The topological polar surface area (TPSA) is 77.9 Å². The average molecular weight is 256 g/mol. The molecule has 0 aromatic carbocycles. The Hall–Kier alpha value is -1.59. The van der Waals surface area contributed by atoms with E-state index in [-0.39, 0.29) is 18.2 Å². The van der Waals surface area contributed by atoms with Crippen molar-refractivity contribution in [3.05, 3.63) is 0 Å². The van der Waals surface area contributed by atoms with E-state index in [1.807, 2.05) is 6.92 Å². The van der Waals surface area contributed by atoms with Gasteiger partial charge < -0.3 is 14.9 Å². The number of aliphatic carboxylic acids is 1. The third-order valence-electron chi connectivity index (χ3n) is 3.64. The summed E-state index contributed by atoms with van der Waals surface area (Å²) >= 11 is 0. The number of carboxylic acids is 1. The fraction of sp³-hybridized carbons (Fsp3) is 0.750. The number of carbonyl (C=O) groups excluding carboxylic acids is 2. The molecule has 1 saturated heterocycles. The molecule has 0 bridgehead atoms. The summed E-state index contributed by atoms with van der Waals surface area (Å²) < 4.78 is 0. The molecule has 102 valence electrons. The molecule has 1 heterocycles. The van der Waals surface area contributed by atoms with E-state index in [2.05, 4.69) is 0 Å². The van der Waals surface area contributed by atoms with Gasteiger partial charge in [0.2, 0.25) is 11.8 Å². The molecule has 1 N–H and O–H groups in total. The molecule has 1 atom stereocenters. The fourth-order valence-electron chi connectivity index (χ4n) is 1.94. The van der Waals surface area contributed by atoms with E-state index >= 15 is 0 Å². The highest BCUT2D eigenvalue weighted by atomic mass is 16.4. The Morgan fingerprint density at radius 3 is 2.44 bits per heavy atom. The zero-order chi connectivity index (χ0) is 14.1. The first kappa shape index (κ1) is 14.5. The summed E-state index contributed by atoms with van der Waals surface area (Å²) in [6.45, 7) is 5.77. The molecule has 0 spiro atoms. The summed E-state index contributed by atoms with van der Waals surface area (Å²) in [6, 6.07) is 0. The highest BCUT2D eigenvalue weighted by molar-refractivity contribution is 5.92. The molecule has 1 aliphatic heterocycles. The van der Waals surface area contributed by atoms with E-state index in [4.69, 9.17) is 5.11 Å². The fourth-order valence-corrected chi connectivity index (χ4v) is 1.94. The maximum absolute atomic E-state index is 12.2. The minimum absolute atomic E-state index is 0.0441. The maximum atomic E-state index is 12.2. The minimum Gasteiger partial charge on any atom is -0.480 e. The predicted molar refractivity (Wildman–Crippen MR) is 64.8 cm³/mol. The second-order valence-electron chi connectivity index (χ2n) is 5.09. The van der Waals surface area contributed by atoms with Crippen molar-refractivity contribution in [3.8, 4) is 0 Å². The summed E-state index contributed by atoms with van der Waals surface area (Å²) in [5.74, 6) is -1.82. The predicted octanol–water partition coefficient (Wildman–Crippen LogP) is 0.176. The van der Waals surface area contributed by atoms with Gasteiger partial charge in [-0.2, -0.15) is 0 Å². The van der Waals surface area contributed by atoms with Gasteiger partial charge >= 0.3 is 5.97 Å². The average Bonchev–Trinajstić information content (AvgIpc) is 2.68. The van der Waals surface area contributed by atoms with Crippen molar-refractivity contribution in [2.24, 2.45) is 5.92 Å². The Bertz CT molecular complexity index is 378. The summed E-state index contributed by atoms with van der Waals surface area (Å²) in [7, 11) is 1.47. The van der Waals surface area contributed by atoms with E-state index < -0.39 is 17.4 Å². The number of rotatable bonds is 4. The third-order valence-corrected chi connectivity index (χ3v) is 3.64. The zero-order valence-electron chi connectivity index (χ0n) is 11.3. The van der Waals surface area contributed by atoms with E-state index in [1.165, 1.54) is 25.8 Å². The van der Waals surface area contributed by atoms with Crippen LogP contribution in [0, 0.1) is 5.92 Å². The van der Waals surface area contributed by atoms with Gasteiger partial charge in [0, 0.05) is 26.6 Å². The van der Waals surface area contributed by atoms with Crippen molar-refractivity contribution in [2.45, 2.75) is 32.7 Å². The van der Waals surface area contributed by atoms with Crippen LogP contribution in [0.1, 0.15) is 27.2 Å². The summed E-state index contributed by atoms with van der Waals surface area (Å²) in [5, 5.41) is 9.08. The molecule has 1 unspecified atom stereocenters. The van der Waals surface area contributed by atoms with Crippen LogP contribution in [0.2, 0.25) is 0 Å². The minimum atomic E-state index is -1.26. The Morgan fingerprint density at radius 1 is 1.50 bits per heavy atom. The first-order valence-electron chi connectivity index (χ1n) is 6.00. The number of likely N-dealkylation sites (tertiary alicyclic amines) is 1. The normalized spacial score (nSPS) is 20.1. The molecular weight excluding hydrogens is 236 g/mol. The van der Waals surface area contributed by atoms with Crippen LogP contribution in [0.5, 0.6) is 0 Å². The Labute approximate surface area is 107 Å². The van der Waals surface area contributed by atoms with Crippen molar-refractivity contribution in [2.75, 3.05) is 20.1 Å². The lowest BCUT2D eigenvalue weighted by Crippen LogP contribution is -2.52. The first-order chi connectivity index (χ1) is 8.21. The molecule has 1 aliphatic rings. The molecular formula is C12H20N2O4. The lowest BCUT2D eigenvalue weighted by molar-refractivity contribution is -0.156. The van der Waals surface area contributed by atoms with Crippen molar-refractivity contribution >= 4 is 17.8 Å². The van der Waals surface area contributed by atoms with Gasteiger partial charge in [-0.3, -0.25) is 9.59 Å². The van der Waals surface area contributed by atoms with Gasteiger partial charge in [0.05, 0.1) is 5.92 Å². The summed E-state index contributed by atoms with van der Waals surface area (Å²) in [5.41, 5.74) is -1.26. The third kappa shape index (κ3) is 2.47. The van der Waals surface area contributed by atoms with Crippen LogP contribution in [0.15, 0.2) is 0 Å². The largest absolute Gasteiger partial charge is 0.480 e. The smallest absolute Gasteiger partial charge is 0.329 e. The number of likely N-dealkylation sites (N-methyl/N-ethyl adjacent to an activating group) is 1. The SMILES string of the molecule is CCN1CC(C(=O)N(C)C(C)(C)C(=O)O)CC1=O. The molecule has 1 fully saturated rings. The standard InChI is InChI=1S/C12H20N2O4/c1-5-14-7-8(6-9(14)15)10(16)13(4)12(2,3)11(17)18/h8H,5-7H2,1-4H3,(H,17,18). The molecule has 0 radical (unpaired) electrons. The van der Waals surface area contributed by atoms with E-state index in [9.17, 15) is 14.4 Å². The number of nitrogens with zero attached hydrogens (tertiary/aromatic N) is 2. The molecule has 18 heavy (non-hydrogen) atoms. The molecule has 0 aromatic heterocycles. The highest BCUT2D eigenvalue weighted by Gasteiger charge is 2.41. The van der Waals surface area contributed by atoms with Gasteiger partial charge in [0.25, 0.3) is 0 Å². The molecule has 1 rings (SSSR count). The van der Waals surface area contributed by atoms with Crippen molar-refractivity contribution in [1.82, 2.24) is 9.80 Å². The van der Waals surface area contributed by atoms with Crippen LogP contribution in [0.4, 0.5) is 0 Å². The molecule has 0 aliphatic carbocycles. The number of carboxylic acid groups (broad SMARTS) is 1. The Morgan fingerprint density at radius 2 is 2.06 bits per heavy atom. The second-order valence-corrected chi connectivity index (χ2v) is 5.09. The van der Waals surface area contributed by atoms with Gasteiger partial charge in [-0.05, 0) is 20.8 Å². The van der Waals surface area contributed by atoms with Crippen LogP contribution >= 0.6 is 0 Å². The molecule has 6 heteroatoms. The molecule has 6 nitrogen and oxygen atoms in total. The summed E-state index contributed by atoms with van der Waals surface area (Å²) in [6.07, 6.45) is 0.173. The van der Waals surface area contributed by atoms with Crippen LogP contribution in [-0.4, -0.2) is 58.4 Å². The van der Waals surface area contributed by atoms with Crippen LogP contribution in [0.3, 0.4) is 0 Å². The van der Waals surface area contributed by atoms with Gasteiger partial charge in [0.15, 0.2) is 0 Å². The monoisotopic (exact) mass is 256 g/mol. The maximum Gasteiger partial charge on any atom is 0.329 e. The van der Waals surface area contributed by atoms with Crippen molar-refractivity contribution in [3.63, 3.8) is 0 Å². The quantitative estimate of drug-likeness (QED) is 0.778. The molecule has 0 saturated carbocycles. The lowest BCUT2D eigenvalue weighted by Gasteiger charge is -2.33. The van der Waals surface area contributed by atoms with Crippen molar-refractivity contribution < 1.29 is 19.5 Å². The van der Waals surface area contributed by atoms with Crippen molar-refractivity contribution in [1.29, 1.82) is 0 Å². The van der Waals surface area contributed by atoms with Crippen LogP contribution in [-0.2, 0) is 14.4 Å². The van der Waals surface area contributed by atoms with Gasteiger partial charge in [-0.1, -0.05) is 0 Å². The van der Waals surface area contributed by atoms with Gasteiger partial charge in [-0.15, -0.1) is 0 Å². The summed E-state index contributed by atoms with van der Waals surface area (Å²) in [4.78, 5) is 37.7. The van der Waals surface area contributed by atoms with Gasteiger partial charge in [-0.25, -0.2) is 4.79 Å². The zero-order valence-corrected chi connectivity index (χ0v) is 11.3. The van der Waals surface area contributed by atoms with Crippen LogP contribution in [0.25, 0.3) is 0 Å². The number of hydrogen-bond acceptors (Lipinski definition) is 3. The van der Waals surface area contributed by atoms with Gasteiger partial charge in [0.1, 0.15) is 5.54 Å². The van der Waals surface area contributed by atoms with E-state index in [1.54, 1.807) is 4.90 Å². The Balaban J connectivity index is 2.78. The first-order valence-corrected chi connectivity index (χ1v) is 6.00.